The molecule has 0 saturated heterocycles. The van der Waals surface area contributed by atoms with Gasteiger partial charge in [0.1, 0.15) is 0 Å². The first-order chi connectivity index (χ1) is 8.99. The minimum Gasteiger partial charge on any atom is -0.374 e. The van der Waals surface area contributed by atoms with Gasteiger partial charge in [-0.2, -0.15) is 0 Å². The molecule has 1 aromatic rings. The predicted octanol–water partition coefficient (Wildman–Crippen LogP) is 2.61. The third-order valence-electron chi connectivity index (χ3n) is 2.96. The topological polar surface area (TPSA) is 69.4 Å². The third-order valence-corrected chi connectivity index (χ3v) is 3.82. The Morgan fingerprint density at radius 1 is 1.11 bits per heavy atom. The van der Waals surface area contributed by atoms with Gasteiger partial charge in [0.25, 0.3) is 0 Å². The van der Waals surface area contributed by atoms with Crippen molar-refractivity contribution in [3.63, 3.8) is 0 Å². The summed E-state index contributed by atoms with van der Waals surface area (Å²) >= 11 is 0. The lowest BCUT2D eigenvalue weighted by Crippen LogP contribution is -2.16. The van der Waals surface area contributed by atoms with Crippen LogP contribution in [-0.4, -0.2) is 20.8 Å². The molecule has 1 unspecified atom stereocenters. The van der Waals surface area contributed by atoms with Crippen LogP contribution in [0.2, 0.25) is 0 Å². The van der Waals surface area contributed by atoms with Gasteiger partial charge in [0.2, 0.25) is 10.0 Å². The highest BCUT2D eigenvalue weighted by molar-refractivity contribution is 7.89. The van der Waals surface area contributed by atoms with Crippen molar-refractivity contribution in [2.75, 3.05) is 12.4 Å². The summed E-state index contributed by atoms with van der Waals surface area (Å²) in [4.78, 5) is 0. The molecule has 0 aliphatic rings. The first-order valence-electron chi connectivity index (χ1n) is 6.66. The van der Waals surface area contributed by atoms with Gasteiger partial charge in [-0.3, -0.25) is 0 Å². The van der Waals surface area contributed by atoms with E-state index in [-0.39, 0.29) is 11.9 Å². The van der Waals surface area contributed by atoms with E-state index in [1.807, 2.05) is 25.1 Å². The predicted molar refractivity (Wildman–Crippen MR) is 77.3 cm³/mol. The minimum absolute atomic E-state index is 0.0777. The Bertz CT molecular complexity index is 445. The molecule has 19 heavy (non-hydrogen) atoms. The first-order valence-corrected chi connectivity index (χ1v) is 8.37. The van der Waals surface area contributed by atoms with E-state index in [0.717, 1.165) is 19.3 Å². The number of benzene rings is 1. The summed E-state index contributed by atoms with van der Waals surface area (Å²) < 4.78 is 27.2. The average Bonchev–Trinajstić information content (AvgIpc) is 2.37. The van der Waals surface area contributed by atoms with Gasteiger partial charge in [0, 0.05) is 6.61 Å². The van der Waals surface area contributed by atoms with Gasteiger partial charge in [0.15, 0.2) is 0 Å². The highest BCUT2D eigenvalue weighted by Gasteiger charge is 2.04. The lowest BCUT2D eigenvalue weighted by Gasteiger charge is -2.13. The fraction of sp³-hybridized carbons (Fsp3) is 0.571. The van der Waals surface area contributed by atoms with Crippen LogP contribution in [0.15, 0.2) is 30.3 Å². The van der Waals surface area contributed by atoms with Crippen molar-refractivity contribution in [3.8, 4) is 0 Å². The monoisotopic (exact) mass is 285 g/mol. The molecule has 0 fully saturated rings. The minimum atomic E-state index is -3.30. The fourth-order valence-corrected chi connectivity index (χ4v) is 2.45. The Kier molecular flexibility index (Phi) is 7.05. The zero-order valence-corrected chi connectivity index (χ0v) is 12.2. The van der Waals surface area contributed by atoms with E-state index < -0.39 is 10.0 Å². The number of primary sulfonamides is 1. The molecule has 5 heteroatoms. The molecule has 0 saturated carbocycles. The van der Waals surface area contributed by atoms with E-state index in [1.165, 1.54) is 5.56 Å². The molecule has 0 heterocycles. The molecule has 0 amide bonds. The number of hydrogen-bond donors (Lipinski definition) is 1. The molecule has 108 valence electrons. The average molecular weight is 285 g/mol. The highest BCUT2D eigenvalue weighted by Crippen LogP contribution is 2.16. The van der Waals surface area contributed by atoms with Gasteiger partial charge in [-0.1, -0.05) is 43.2 Å². The number of unbranched alkanes of at least 4 members (excludes halogenated alkanes) is 3. The van der Waals surface area contributed by atoms with Crippen LogP contribution in [0.5, 0.6) is 0 Å². The summed E-state index contributed by atoms with van der Waals surface area (Å²) in [5.74, 6) is 0.0777. The number of hydrogen-bond acceptors (Lipinski definition) is 3. The quantitative estimate of drug-likeness (QED) is 0.709. The van der Waals surface area contributed by atoms with E-state index in [0.29, 0.717) is 13.0 Å². The molecule has 4 nitrogen and oxygen atoms in total. The number of ether oxygens (including phenoxy) is 1. The van der Waals surface area contributed by atoms with Crippen LogP contribution < -0.4 is 5.14 Å². The van der Waals surface area contributed by atoms with Crippen molar-refractivity contribution in [2.45, 2.75) is 38.7 Å². The van der Waals surface area contributed by atoms with Crippen LogP contribution in [-0.2, 0) is 14.8 Å². The molecule has 1 aromatic carbocycles. The number of sulfonamides is 1. The van der Waals surface area contributed by atoms with Crippen molar-refractivity contribution >= 4 is 10.0 Å². The standard InChI is InChI=1S/C14H23NO3S/c1-13(14-9-5-4-6-10-14)18-11-7-2-3-8-12-19(15,16)17/h4-6,9-10,13H,2-3,7-8,11-12H2,1H3,(H2,15,16,17). The Balaban J connectivity index is 2.05. The van der Waals surface area contributed by atoms with Crippen LogP contribution >= 0.6 is 0 Å². The summed E-state index contributed by atoms with van der Waals surface area (Å²) in [7, 11) is -3.30. The van der Waals surface area contributed by atoms with Crippen molar-refractivity contribution < 1.29 is 13.2 Å². The molecular formula is C14H23NO3S. The fourth-order valence-electron chi connectivity index (χ4n) is 1.84. The zero-order valence-electron chi connectivity index (χ0n) is 11.4. The first kappa shape index (κ1) is 16.1. The second-order valence-electron chi connectivity index (χ2n) is 4.70. The van der Waals surface area contributed by atoms with Gasteiger partial charge in [-0.15, -0.1) is 0 Å². The van der Waals surface area contributed by atoms with E-state index >= 15 is 0 Å². The molecular weight excluding hydrogens is 262 g/mol. The Labute approximate surface area is 116 Å². The Hall–Kier alpha value is -0.910. The zero-order chi connectivity index (χ0) is 14.1. The van der Waals surface area contributed by atoms with E-state index in [2.05, 4.69) is 12.1 Å². The molecule has 1 rings (SSSR count). The van der Waals surface area contributed by atoms with Crippen molar-refractivity contribution in [2.24, 2.45) is 5.14 Å². The second-order valence-corrected chi connectivity index (χ2v) is 6.44. The summed E-state index contributed by atoms with van der Waals surface area (Å²) in [5.41, 5.74) is 1.18. The number of rotatable bonds is 9. The molecule has 0 radical (unpaired) electrons. The maximum Gasteiger partial charge on any atom is 0.209 e. The van der Waals surface area contributed by atoms with Crippen molar-refractivity contribution in [1.82, 2.24) is 0 Å². The Morgan fingerprint density at radius 2 is 1.74 bits per heavy atom. The number of nitrogens with two attached hydrogens (primary N) is 1. The lowest BCUT2D eigenvalue weighted by atomic mass is 10.1. The SMILES string of the molecule is CC(OCCCCCCS(N)(=O)=O)c1ccccc1. The summed E-state index contributed by atoms with van der Waals surface area (Å²) in [6.07, 6.45) is 3.52. The molecule has 0 aliphatic carbocycles. The van der Waals surface area contributed by atoms with Gasteiger partial charge in [-0.05, 0) is 25.3 Å². The maximum atomic E-state index is 10.7. The van der Waals surface area contributed by atoms with Crippen LogP contribution in [0.25, 0.3) is 0 Å². The molecule has 0 aromatic heterocycles. The van der Waals surface area contributed by atoms with E-state index in [4.69, 9.17) is 9.88 Å². The summed E-state index contributed by atoms with van der Waals surface area (Å²) in [5, 5.41) is 4.93. The molecule has 0 spiro atoms. The van der Waals surface area contributed by atoms with E-state index in [9.17, 15) is 8.42 Å². The summed E-state index contributed by atoms with van der Waals surface area (Å²) in [6, 6.07) is 10.1. The van der Waals surface area contributed by atoms with Crippen LogP contribution in [0.4, 0.5) is 0 Å². The molecule has 0 bridgehead atoms. The normalized spacial score (nSPS) is 13.4. The summed E-state index contributed by atoms with van der Waals surface area (Å²) in [6.45, 7) is 2.74. The van der Waals surface area contributed by atoms with Crippen LogP contribution in [0.1, 0.15) is 44.3 Å². The lowest BCUT2D eigenvalue weighted by molar-refractivity contribution is 0.0628. The van der Waals surface area contributed by atoms with Gasteiger partial charge < -0.3 is 4.74 Å². The van der Waals surface area contributed by atoms with Crippen LogP contribution in [0.3, 0.4) is 0 Å². The van der Waals surface area contributed by atoms with Crippen LogP contribution in [0, 0.1) is 0 Å². The largest absolute Gasteiger partial charge is 0.374 e. The second kappa shape index (κ2) is 8.30. The van der Waals surface area contributed by atoms with Gasteiger partial charge >= 0.3 is 0 Å². The smallest absolute Gasteiger partial charge is 0.209 e. The van der Waals surface area contributed by atoms with Gasteiger partial charge in [-0.25, -0.2) is 13.6 Å². The third kappa shape index (κ3) is 7.97. The van der Waals surface area contributed by atoms with Gasteiger partial charge in [0.05, 0.1) is 11.9 Å². The molecule has 0 aliphatic heterocycles. The molecule has 2 N–H and O–H groups in total. The van der Waals surface area contributed by atoms with Crippen molar-refractivity contribution in [1.29, 1.82) is 0 Å². The van der Waals surface area contributed by atoms with E-state index in [1.54, 1.807) is 0 Å². The highest BCUT2D eigenvalue weighted by atomic mass is 32.2. The maximum absolute atomic E-state index is 10.7. The van der Waals surface area contributed by atoms with Crippen molar-refractivity contribution in [3.05, 3.63) is 35.9 Å². The Morgan fingerprint density at radius 3 is 2.37 bits per heavy atom. The molecule has 1 atom stereocenters.